The first-order chi connectivity index (χ1) is 11.7. The molecule has 0 amide bonds. The lowest BCUT2D eigenvalue weighted by atomic mass is 10.2. The second-order valence-electron chi connectivity index (χ2n) is 5.95. The first-order valence-corrected chi connectivity index (χ1v) is 8.71. The second kappa shape index (κ2) is 11.9. The Bertz CT molecular complexity index is 624. The minimum atomic E-state index is 0. The van der Waals surface area contributed by atoms with Crippen molar-refractivity contribution in [2.75, 3.05) is 20.1 Å². The third-order valence-corrected chi connectivity index (χ3v) is 3.95. The predicted octanol–water partition coefficient (Wildman–Crippen LogP) is 3.69. The van der Waals surface area contributed by atoms with E-state index >= 15 is 0 Å². The standard InChI is InChI=1S/C19H29N5.HI/c1-4-20-19(23(3)16-18-10-6-5-7-11-18)22-12-8-9-14-24-15-13-21-17(24)2;/h5-7,10-11,13,15H,4,8-9,12,14,16H2,1-3H3,(H,20,22);1H. The summed E-state index contributed by atoms with van der Waals surface area (Å²) in [5, 5.41) is 3.38. The number of imidazole rings is 1. The van der Waals surface area contributed by atoms with Crippen LogP contribution in [0.15, 0.2) is 47.7 Å². The molecule has 1 heterocycles. The number of hydrogen-bond donors (Lipinski definition) is 1. The molecule has 0 bridgehead atoms. The molecule has 1 aromatic carbocycles. The van der Waals surface area contributed by atoms with E-state index in [-0.39, 0.29) is 24.0 Å². The SMILES string of the molecule is CCNC(=NCCCCn1ccnc1C)N(C)Cc1ccccc1.I. The van der Waals surface area contributed by atoms with Crippen LogP contribution < -0.4 is 5.32 Å². The van der Waals surface area contributed by atoms with Crippen LogP contribution in [0.5, 0.6) is 0 Å². The van der Waals surface area contributed by atoms with Crippen LogP contribution in [0.3, 0.4) is 0 Å². The second-order valence-corrected chi connectivity index (χ2v) is 5.95. The molecule has 0 unspecified atom stereocenters. The van der Waals surface area contributed by atoms with E-state index in [1.807, 2.05) is 25.4 Å². The highest BCUT2D eigenvalue weighted by Gasteiger charge is 2.06. The number of halogens is 1. The normalized spacial score (nSPS) is 11.1. The van der Waals surface area contributed by atoms with Gasteiger partial charge in [0.1, 0.15) is 5.82 Å². The molecule has 2 rings (SSSR count). The first kappa shape index (κ1) is 21.5. The summed E-state index contributed by atoms with van der Waals surface area (Å²) in [6, 6.07) is 10.5. The van der Waals surface area contributed by atoms with Gasteiger partial charge in [0.2, 0.25) is 0 Å². The van der Waals surface area contributed by atoms with Crippen LogP contribution in [0.4, 0.5) is 0 Å². The van der Waals surface area contributed by atoms with Gasteiger partial charge in [-0.25, -0.2) is 4.98 Å². The van der Waals surface area contributed by atoms with Crippen LogP contribution in [0.2, 0.25) is 0 Å². The Balaban J connectivity index is 0.00000312. The van der Waals surface area contributed by atoms with Crippen molar-refractivity contribution >= 4 is 29.9 Å². The summed E-state index contributed by atoms with van der Waals surface area (Å²) in [4.78, 5) is 11.2. The van der Waals surface area contributed by atoms with Gasteiger partial charge in [0.05, 0.1) is 0 Å². The molecule has 0 atom stereocenters. The highest BCUT2D eigenvalue weighted by molar-refractivity contribution is 14.0. The number of nitrogens with one attached hydrogen (secondary N) is 1. The van der Waals surface area contributed by atoms with Crippen LogP contribution in [0.1, 0.15) is 31.2 Å². The van der Waals surface area contributed by atoms with Crippen molar-refractivity contribution in [1.29, 1.82) is 0 Å². The molecule has 138 valence electrons. The minimum absolute atomic E-state index is 0. The van der Waals surface area contributed by atoms with Crippen molar-refractivity contribution in [2.45, 2.75) is 39.8 Å². The summed E-state index contributed by atoms with van der Waals surface area (Å²) in [7, 11) is 2.09. The molecule has 2 aromatic rings. The smallest absolute Gasteiger partial charge is 0.193 e. The van der Waals surface area contributed by atoms with E-state index in [0.29, 0.717) is 0 Å². The van der Waals surface area contributed by atoms with Gasteiger partial charge < -0.3 is 14.8 Å². The molecule has 0 fully saturated rings. The van der Waals surface area contributed by atoms with Crippen LogP contribution in [-0.2, 0) is 13.1 Å². The van der Waals surface area contributed by atoms with Crippen molar-refractivity contribution in [2.24, 2.45) is 4.99 Å². The van der Waals surface area contributed by atoms with Crippen molar-refractivity contribution in [1.82, 2.24) is 19.8 Å². The Kier molecular flexibility index (Phi) is 10.2. The highest BCUT2D eigenvalue weighted by Crippen LogP contribution is 2.04. The third kappa shape index (κ3) is 7.46. The zero-order chi connectivity index (χ0) is 17.2. The summed E-state index contributed by atoms with van der Waals surface area (Å²) >= 11 is 0. The lowest BCUT2D eigenvalue weighted by molar-refractivity contribution is 0.475. The van der Waals surface area contributed by atoms with Crippen LogP contribution in [-0.4, -0.2) is 40.5 Å². The summed E-state index contributed by atoms with van der Waals surface area (Å²) in [5.74, 6) is 2.05. The maximum Gasteiger partial charge on any atom is 0.193 e. The van der Waals surface area contributed by atoms with Crippen LogP contribution >= 0.6 is 24.0 Å². The Morgan fingerprint density at radius 1 is 1.24 bits per heavy atom. The van der Waals surface area contributed by atoms with E-state index in [1.54, 1.807) is 0 Å². The Morgan fingerprint density at radius 2 is 2.00 bits per heavy atom. The van der Waals surface area contributed by atoms with Crippen molar-refractivity contribution in [3.05, 3.63) is 54.1 Å². The first-order valence-electron chi connectivity index (χ1n) is 8.71. The van der Waals surface area contributed by atoms with E-state index in [4.69, 9.17) is 4.99 Å². The van der Waals surface area contributed by atoms with Gasteiger partial charge in [-0.2, -0.15) is 0 Å². The van der Waals surface area contributed by atoms with Gasteiger partial charge in [0.15, 0.2) is 5.96 Å². The fourth-order valence-corrected chi connectivity index (χ4v) is 2.62. The average molecular weight is 455 g/mol. The summed E-state index contributed by atoms with van der Waals surface area (Å²) in [6.45, 7) is 7.74. The molecule has 1 N–H and O–H groups in total. The number of aliphatic imine (C=N–C) groups is 1. The number of aromatic nitrogens is 2. The van der Waals surface area contributed by atoms with Crippen molar-refractivity contribution in [3.63, 3.8) is 0 Å². The number of aryl methyl sites for hydroxylation is 2. The van der Waals surface area contributed by atoms with Gasteiger partial charge in [-0.15, -0.1) is 24.0 Å². The lowest BCUT2D eigenvalue weighted by Gasteiger charge is -2.22. The lowest BCUT2D eigenvalue weighted by Crippen LogP contribution is -2.38. The van der Waals surface area contributed by atoms with E-state index in [1.165, 1.54) is 5.56 Å². The molecular formula is C19H30IN5. The van der Waals surface area contributed by atoms with Gasteiger partial charge >= 0.3 is 0 Å². The molecule has 5 nitrogen and oxygen atoms in total. The zero-order valence-corrected chi connectivity index (χ0v) is 17.8. The Labute approximate surface area is 168 Å². The van der Waals surface area contributed by atoms with Crippen LogP contribution in [0, 0.1) is 6.92 Å². The molecule has 0 aliphatic rings. The van der Waals surface area contributed by atoms with E-state index < -0.39 is 0 Å². The number of unbranched alkanes of at least 4 members (excludes halogenated alkanes) is 1. The molecule has 0 saturated heterocycles. The molecule has 0 aliphatic carbocycles. The van der Waals surface area contributed by atoms with E-state index in [0.717, 1.165) is 50.8 Å². The predicted molar refractivity (Wildman–Crippen MR) is 116 cm³/mol. The number of nitrogens with zero attached hydrogens (tertiary/aromatic N) is 4. The third-order valence-electron chi connectivity index (χ3n) is 3.95. The van der Waals surface area contributed by atoms with Gasteiger partial charge in [-0.3, -0.25) is 4.99 Å². The minimum Gasteiger partial charge on any atom is -0.357 e. The van der Waals surface area contributed by atoms with Crippen LogP contribution in [0.25, 0.3) is 0 Å². The molecule has 0 spiro atoms. The zero-order valence-electron chi connectivity index (χ0n) is 15.5. The molecule has 0 aliphatic heterocycles. The van der Waals surface area contributed by atoms with Gasteiger partial charge in [-0.1, -0.05) is 30.3 Å². The summed E-state index contributed by atoms with van der Waals surface area (Å²) in [6.07, 6.45) is 6.08. The number of guanidine groups is 1. The maximum absolute atomic E-state index is 4.76. The molecular weight excluding hydrogens is 425 g/mol. The quantitative estimate of drug-likeness (QED) is 0.286. The largest absolute Gasteiger partial charge is 0.357 e. The monoisotopic (exact) mass is 455 g/mol. The van der Waals surface area contributed by atoms with Gasteiger partial charge in [0, 0.05) is 45.6 Å². The fraction of sp³-hybridized carbons (Fsp3) is 0.474. The number of rotatable bonds is 8. The average Bonchev–Trinajstić information content (AvgIpc) is 2.99. The number of hydrogen-bond acceptors (Lipinski definition) is 2. The molecule has 0 radical (unpaired) electrons. The van der Waals surface area contributed by atoms with Crippen molar-refractivity contribution in [3.8, 4) is 0 Å². The molecule has 0 saturated carbocycles. The highest BCUT2D eigenvalue weighted by atomic mass is 127. The van der Waals surface area contributed by atoms with Gasteiger partial charge in [0.25, 0.3) is 0 Å². The Hall–Kier alpha value is -1.57. The van der Waals surface area contributed by atoms with Gasteiger partial charge in [-0.05, 0) is 32.3 Å². The van der Waals surface area contributed by atoms with E-state index in [2.05, 4.69) is 58.0 Å². The fourth-order valence-electron chi connectivity index (χ4n) is 2.62. The number of benzene rings is 1. The molecule has 25 heavy (non-hydrogen) atoms. The summed E-state index contributed by atoms with van der Waals surface area (Å²) < 4.78 is 2.19. The Morgan fingerprint density at radius 3 is 2.64 bits per heavy atom. The van der Waals surface area contributed by atoms with E-state index in [9.17, 15) is 0 Å². The van der Waals surface area contributed by atoms with Crippen molar-refractivity contribution < 1.29 is 0 Å². The maximum atomic E-state index is 4.76. The topological polar surface area (TPSA) is 45.5 Å². The molecule has 1 aromatic heterocycles. The summed E-state index contributed by atoms with van der Waals surface area (Å²) in [5.41, 5.74) is 1.29. The molecule has 6 heteroatoms.